The SMILES string of the molecule is O=C(O)C1CCCN(C(c2ccc(-c3ccccc3)cc2)c2ccc3ccccc3c2)C1. The lowest BCUT2D eigenvalue weighted by Crippen LogP contribution is -2.41. The lowest BCUT2D eigenvalue weighted by atomic mass is 9.90. The van der Waals surface area contributed by atoms with E-state index in [9.17, 15) is 9.90 Å². The molecule has 1 heterocycles. The fourth-order valence-electron chi connectivity index (χ4n) is 4.92. The molecular weight excluding hydrogens is 394 g/mol. The molecule has 2 atom stereocenters. The van der Waals surface area contributed by atoms with Crippen LogP contribution in [0.4, 0.5) is 0 Å². The molecule has 4 aromatic carbocycles. The summed E-state index contributed by atoms with van der Waals surface area (Å²) in [5.74, 6) is -0.998. The number of carboxylic acid groups (broad SMARTS) is 1. The third kappa shape index (κ3) is 4.17. The zero-order valence-electron chi connectivity index (χ0n) is 18.0. The van der Waals surface area contributed by atoms with Gasteiger partial charge in [0.2, 0.25) is 0 Å². The standard InChI is InChI=1S/C29H27NO2/c31-29(32)27-11-6-18-30(20-27)28(26-17-14-22-9-4-5-10-25(22)19-26)24-15-12-23(13-16-24)21-7-2-1-3-8-21/h1-5,7-10,12-17,19,27-28H,6,11,18,20H2,(H,31,32). The summed E-state index contributed by atoms with van der Waals surface area (Å²) in [7, 11) is 0. The maximum atomic E-state index is 11.7. The molecule has 160 valence electrons. The van der Waals surface area contributed by atoms with Gasteiger partial charge in [-0.15, -0.1) is 0 Å². The van der Waals surface area contributed by atoms with E-state index < -0.39 is 5.97 Å². The van der Waals surface area contributed by atoms with Crippen molar-refractivity contribution in [2.75, 3.05) is 13.1 Å². The van der Waals surface area contributed by atoms with Gasteiger partial charge in [0.15, 0.2) is 0 Å². The molecule has 0 bridgehead atoms. The number of carboxylic acids is 1. The fourth-order valence-corrected chi connectivity index (χ4v) is 4.92. The van der Waals surface area contributed by atoms with Crippen molar-refractivity contribution in [2.24, 2.45) is 5.92 Å². The number of benzene rings is 4. The number of carbonyl (C=O) groups is 1. The molecule has 3 nitrogen and oxygen atoms in total. The maximum absolute atomic E-state index is 11.7. The number of nitrogens with zero attached hydrogens (tertiary/aromatic N) is 1. The summed E-state index contributed by atoms with van der Waals surface area (Å²) in [4.78, 5) is 14.1. The van der Waals surface area contributed by atoms with Crippen LogP contribution in [0.5, 0.6) is 0 Å². The van der Waals surface area contributed by atoms with E-state index in [1.165, 1.54) is 33.0 Å². The van der Waals surface area contributed by atoms with Crippen molar-refractivity contribution in [1.82, 2.24) is 4.90 Å². The van der Waals surface area contributed by atoms with E-state index in [0.717, 1.165) is 19.4 Å². The van der Waals surface area contributed by atoms with Gasteiger partial charge in [-0.05, 0) is 58.5 Å². The van der Waals surface area contributed by atoms with Gasteiger partial charge in [-0.3, -0.25) is 9.69 Å². The zero-order chi connectivity index (χ0) is 21.9. The van der Waals surface area contributed by atoms with Gasteiger partial charge in [0.05, 0.1) is 12.0 Å². The average Bonchev–Trinajstić information content (AvgIpc) is 2.85. The molecule has 32 heavy (non-hydrogen) atoms. The molecular formula is C29H27NO2. The number of fused-ring (bicyclic) bond motifs is 1. The molecule has 0 amide bonds. The van der Waals surface area contributed by atoms with Crippen LogP contribution >= 0.6 is 0 Å². The Hall–Kier alpha value is -3.43. The van der Waals surface area contributed by atoms with Gasteiger partial charge in [0, 0.05) is 6.54 Å². The Labute approximate surface area is 188 Å². The summed E-state index contributed by atoms with van der Waals surface area (Å²) in [6.45, 7) is 1.48. The smallest absolute Gasteiger partial charge is 0.307 e. The van der Waals surface area contributed by atoms with Gasteiger partial charge in [-0.25, -0.2) is 0 Å². The second-order valence-electron chi connectivity index (χ2n) is 8.67. The van der Waals surface area contributed by atoms with Crippen LogP contribution in [0.1, 0.15) is 30.0 Å². The van der Waals surface area contributed by atoms with Crippen LogP contribution < -0.4 is 0 Å². The highest BCUT2D eigenvalue weighted by atomic mass is 16.4. The van der Waals surface area contributed by atoms with Gasteiger partial charge in [-0.2, -0.15) is 0 Å². The molecule has 1 fully saturated rings. The highest BCUT2D eigenvalue weighted by molar-refractivity contribution is 5.83. The normalized spacial score (nSPS) is 17.8. The molecule has 1 N–H and O–H groups in total. The molecule has 0 aromatic heterocycles. The van der Waals surface area contributed by atoms with E-state index in [1.54, 1.807) is 0 Å². The molecule has 0 saturated carbocycles. The molecule has 3 heteroatoms. The number of piperidine rings is 1. The van der Waals surface area contributed by atoms with Gasteiger partial charge in [-0.1, -0.05) is 91.0 Å². The predicted octanol–water partition coefficient (Wildman–Crippen LogP) is 6.39. The van der Waals surface area contributed by atoms with Gasteiger partial charge in [0.1, 0.15) is 0 Å². The summed E-state index contributed by atoms with van der Waals surface area (Å²) >= 11 is 0. The minimum absolute atomic E-state index is 0.0339. The van der Waals surface area contributed by atoms with Crippen LogP contribution in [0.2, 0.25) is 0 Å². The van der Waals surface area contributed by atoms with Crippen molar-refractivity contribution in [2.45, 2.75) is 18.9 Å². The second-order valence-corrected chi connectivity index (χ2v) is 8.67. The van der Waals surface area contributed by atoms with Crippen molar-refractivity contribution in [1.29, 1.82) is 0 Å². The summed E-state index contributed by atoms with van der Waals surface area (Å²) in [6, 6.07) is 34.2. The third-order valence-electron chi connectivity index (χ3n) is 6.59. The minimum atomic E-state index is -0.689. The second kappa shape index (κ2) is 8.97. The fraction of sp³-hybridized carbons (Fsp3) is 0.207. The topological polar surface area (TPSA) is 40.5 Å². The van der Waals surface area contributed by atoms with Crippen LogP contribution in [0.25, 0.3) is 21.9 Å². The Morgan fingerprint density at radius 2 is 1.44 bits per heavy atom. The van der Waals surface area contributed by atoms with Crippen LogP contribution in [0, 0.1) is 5.92 Å². The van der Waals surface area contributed by atoms with E-state index in [1.807, 2.05) is 6.07 Å². The number of aliphatic carboxylic acids is 1. The quantitative estimate of drug-likeness (QED) is 0.406. The van der Waals surface area contributed by atoms with Crippen molar-refractivity contribution >= 4 is 16.7 Å². The lowest BCUT2D eigenvalue weighted by Gasteiger charge is -2.37. The first-order chi connectivity index (χ1) is 15.7. The Morgan fingerprint density at radius 3 is 2.19 bits per heavy atom. The van der Waals surface area contributed by atoms with Crippen molar-refractivity contribution in [3.63, 3.8) is 0 Å². The number of hydrogen-bond donors (Lipinski definition) is 1. The van der Waals surface area contributed by atoms with Crippen LogP contribution in [0.3, 0.4) is 0 Å². The van der Waals surface area contributed by atoms with Crippen LogP contribution in [-0.2, 0) is 4.79 Å². The van der Waals surface area contributed by atoms with Gasteiger partial charge in [0.25, 0.3) is 0 Å². The molecule has 2 unspecified atom stereocenters. The van der Waals surface area contributed by atoms with E-state index >= 15 is 0 Å². The molecule has 1 aliphatic rings. The highest BCUT2D eigenvalue weighted by Crippen LogP contribution is 2.35. The average molecular weight is 422 g/mol. The Morgan fingerprint density at radius 1 is 0.781 bits per heavy atom. The summed E-state index contributed by atoms with van der Waals surface area (Å²) < 4.78 is 0. The van der Waals surface area contributed by atoms with E-state index in [-0.39, 0.29) is 12.0 Å². The maximum Gasteiger partial charge on any atom is 0.307 e. The third-order valence-corrected chi connectivity index (χ3v) is 6.59. The highest BCUT2D eigenvalue weighted by Gasteiger charge is 2.31. The molecule has 0 aliphatic carbocycles. The molecule has 1 saturated heterocycles. The van der Waals surface area contributed by atoms with Crippen molar-refractivity contribution in [3.8, 4) is 11.1 Å². The van der Waals surface area contributed by atoms with Crippen molar-refractivity contribution in [3.05, 3.63) is 108 Å². The van der Waals surface area contributed by atoms with E-state index in [2.05, 4.69) is 95.9 Å². The van der Waals surface area contributed by atoms with Crippen molar-refractivity contribution < 1.29 is 9.90 Å². The number of rotatable bonds is 5. The molecule has 1 aliphatic heterocycles. The summed E-state index contributed by atoms with van der Waals surface area (Å²) in [5.41, 5.74) is 4.80. The molecule has 0 radical (unpaired) electrons. The number of hydrogen-bond acceptors (Lipinski definition) is 2. The van der Waals surface area contributed by atoms with E-state index in [4.69, 9.17) is 0 Å². The van der Waals surface area contributed by atoms with Gasteiger partial charge >= 0.3 is 5.97 Å². The molecule has 4 aromatic rings. The first-order valence-electron chi connectivity index (χ1n) is 11.3. The zero-order valence-corrected chi connectivity index (χ0v) is 18.0. The first kappa shape index (κ1) is 20.5. The first-order valence-corrected chi connectivity index (χ1v) is 11.3. The minimum Gasteiger partial charge on any atom is -0.481 e. The predicted molar refractivity (Wildman–Crippen MR) is 130 cm³/mol. The summed E-state index contributed by atoms with van der Waals surface area (Å²) in [6.07, 6.45) is 1.66. The number of likely N-dealkylation sites (tertiary alicyclic amines) is 1. The lowest BCUT2D eigenvalue weighted by molar-refractivity contribution is -0.143. The molecule has 0 spiro atoms. The monoisotopic (exact) mass is 421 g/mol. The summed E-state index contributed by atoms with van der Waals surface area (Å²) in [5, 5.41) is 12.1. The van der Waals surface area contributed by atoms with Gasteiger partial charge < -0.3 is 5.11 Å². The van der Waals surface area contributed by atoms with Crippen LogP contribution in [-0.4, -0.2) is 29.1 Å². The Balaban J connectivity index is 1.55. The Kier molecular flexibility index (Phi) is 5.74. The molecule has 5 rings (SSSR count). The van der Waals surface area contributed by atoms with E-state index in [0.29, 0.717) is 6.54 Å². The largest absolute Gasteiger partial charge is 0.481 e. The van der Waals surface area contributed by atoms with Crippen LogP contribution in [0.15, 0.2) is 97.1 Å². The Bertz CT molecular complexity index is 1220.